The third-order valence-electron chi connectivity index (χ3n) is 2.07. The molecule has 0 spiro atoms. The highest BCUT2D eigenvalue weighted by atomic mass is 79.9. The fourth-order valence-corrected chi connectivity index (χ4v) is 2.84. The van der Waals surface area contributed by atoms with Crippen molar-refractivity contribution in [2.24, 2.45) is 0 Å². The zero-order valence-electron chi connectivity index (χ0n) is 9.57. The molecule has 102 valence electrons. The number of hydrogen-bond acceptors (Lipinski definition) is 2. The van der Waals surface area contributed by atoms with Crippen molar-refractivity contribution in [3.8, 4) is 5.75 Å². The molecule has 0 aliphatic rings. The molecule has 1 aromatic carbocycles. The topological polar surface area (TPSA) is 21.3 Å². The van der Waals surface area contributed by atoms with Gasteiger partial charge in [-0.2, -0.15) is 13.2 Å². The molecule has 0 aromatic heterocycles. The summed E-state index contributed by atoms with van der Waals surface area (Å²) >= 11 is 6.57. The van der Waals surface area contributed by atoms with Gasteiger partial charge in [0.05, 0.1) is 22.0 Å². The Morgan fingerprint density at radius 1 is 1.22 bits per heavy atom. The van der Waals surface area contributed by atoms with Crippen LogP contribution in [0.1, 0.15) is 12.0 Å². The zero-order chi connectivity index (χ0) is 13.8. The van der Waals surface area contributed by atoms with E-state index in [1.807, 2.05) is 19.2 Å². The first kappa shape index (κ1) is 15.8. The van der Waals surface area contributed by atoms with Gasteiger partial charge in [-0.25, -0.2) is 0 Å². The van der Waals surface area contributed by atoms with E-state index in [1.165, 1.54) is 0 Å². The number of rotatable bonds is 5. The van der Waals surface area contributed by atoms with Crippen LogP contribution in [0.3, 0.4) is 0 Å². The van der Waals surface area contributed by atoms with Crippen LogP contribution in [0.4, 0.5) is 13.2 Å². The summed E-state index contributed by atoms with van der Waals surface area (Å²) in [6, 6.07) is 3.62. The summed E-state index contributed by atoms with van der Waals surface area (Å²) in [5.74, 6) is 0.388. The maximum atomic E-state index is 12.0. The number of nitrogens with one attached hydrogen (secondary N) is 1. The lowest BCUT2D eigenvalue weighted by atomic mass is 10.2. The molecule has 0 amide bonds. The fourth-order valence-electron chi connectivity index (χ4n) is 1.33. The standard InChI is InChI=1S/C11H12Br2F3NO/c1-17-6-7-4-8(12)10(9(13)5-7)18-3-2-11(14,15)16/h4-5,17H,2-3,6H2,1H3. The lowest BCUT2D eigenvalue weighted by Gasteiger charge is -2.13. The summed E-state index contributed by atoms with van der Waals surface area (Å²) in [6.45, 7) is 0.270. The van der Waals surface area contributed by atoms with Crippen LogP contribution >= 0.6 is 31.9 Å². The first-order chi connectivity index (χ1) is 8.33. The smallest absolute Gasteiger partial charge is 0.392 e. The lowest BCUT2D eigenvalue weighted by molar-refractivity contribution is -0.139. The molecule has 18 heavy (non-hydrogen) atoms. The summed E-state index contributed by atoms with van der Waals surface area (Å²) < 4.78 is 42.4. The molecule has 1 rings (SSSR count). The van der Waals surface area contributed by atoms with E-state index >= 15 is 0 Å². The van der Waals surface area contributed by atoms with Crippen LogP contribution in [0.5, 0.6) is 5.75 Å². The second-order valence-corrected chi connectivity index (χ2v) is 5.34. The average Bonchev–Trinajstić information content (AvgIpc) is 2.21. The molecule has 0 saturated carbocycles. The Bertz CT molecular complexity index is 387. The summed E-state index contributed by atoms with van der Waals surface area (Å²) in [6.07, 6.45) is -5.17. The lowest BCUT2D eigenvalue weighted by Crippen LogP contribution is -2.13. The highest BCUT2D eigenvalue weighted by molar-refractivity contribution is 9.11. The van der Waals surface area contributed by atoms with Gasteiger partial charge in [0.2, 0.25) is 0 Å². The maximum Gasteiger partial charge on any atom is 0.392 e. The van der Waals surface area contributed by atoms with E-state index in [0.29, 0.717) is 21.2 Å². The Balaban J connectivity index is 2.71. The number of hydrogen-bond donors (Lipinski definition) is 1. The average molecular weight is 391 g/mol. The SMILES string of the molecule is CNCc1cc(Br)c(OCCC(F)(F)F)c(Br)c1. The van der Waals surface area contributed by atoms with Crippen molar-refractivity contribution >= 4 is 31.9 Å². The van der Waals surface area contributed by atoms with Gasteiger partial charge in [-0.1, -0.05) is 0 Å². The van der Waals surface area contributed by atoms with Gasteiger partial charge < -0.3 is 10.1 Å². The summed E-state index contributed by atoms with van der Waals surface area (Å²) in [4.78, 5) is 0. The minimum Gasteiger partial charge on any atom is -0.491 e. The molecule has 0 saturated heterocycles. The molecule has 0 heterocycles. The third kappa shape index (κ3) is 5.16. The van der Waals surface area contributed by atoms with E-state index in [4.69, 9.17) is 4.74 Å². The van der Waals surface area contributed by atoms with Crippen LogP contribution in [0.2, 0.25) is 0 Å². The Hall–Kier alpha value is -0.270. The van der Waals surface area contributed by atoms with Gasteiger partial charge >= 0.3 is 6.18 Å². The third-order valence-corrected chi connectivity index (χ3v) is 3.25. The largest absolute Gasteiger partial charge is 0.491 e. The number of benzene rings is 1. The van der Waals surface area contributed by atoms with E-state index in [2.05, 4.69) is 37.2 Å². The zero-order valence-corrected chi connectivity index (χ0v) is 12.7. The normalized spacial score (nSPS) is 11.7. The molecule has 7 heteroatoms. The fraction of sp³-hybridized carbons (Fsp3) is 0.455. The van der Waals surface area contributed by atoms with Crippen molar-refractivity contribution in [2.75, 3.05) is 13.7 Å². The Morgan fingerprint density at radius 3 is 2.22 bits per heavy atom. The Kier molecular flexibility index (Phi) is 5.94. The Morgan fingerprint density at radius 2 is 1.78 bits per heavy atom. The summed E-state index contributed by atoms with van der Waals surface area (Å²) in [7, 11) is 1.82. The highest BCUT2D eigenvalue weighted by Gasteiger charge is 2.27. The molecular weight excluding hydrogens is 379 g/mol. The number of halogens is 5. The van der Waals surface area contributed by atoms with Crippen molar-refractivity contribution in [2.45, 2.75) is 19.1 Å². The first-order valence-electron chi connectivity index (χ1n) is 5.15. The monoisotopic (exact) mass is 389 g/mol. The molecular formula is C11H12Br2F3NO. The predicted molar refractivity (Wildman–Crippen MR) is 70.8 cm³/mol. The minimum atomic E-state index is -4.20. The van der Waals surface area contributed by atoms with Crippen LogP contribution in [0, 0.1) is 0 Å². The van der Waals surface area contributed by atoms with Gasteiger partial charge in [0.15, 0.2) is 0 Å². The molecule has 0 aliphatic heterocycles. The second kappa shape index (κ2) is 6.77. The van der Waals surface area contributed by atoms with E-state index in [9.17, 15) is 13.2 Å². The van der Waals surface area contributed by atoms with Crippen molar-refractivity contribution in [1.82, 2.24) is 5.32 Å². The van der Waals surface area contributed by atoms with Crippen LogP contribution in [-0.2, 0) is 6.54 Å². The molecule has 0 bridgehead atoms. The molecule has 1 N–H and O–H groups in total. The summed E-state index contributed by atoms with van der Waals surface area (Å²) in [5, 5.41) is 2.99. The maximum absolute atomic E-state index is 12.0. The van der Waals surface area contributed by atoms with E-state index in [0.717, 1.165) is 5.56 Å². The predicted octanol–water partition coefficient (Wildman–Crippen LogP) is 4.26. The van der Waals surface area contributed by atoms with Gasteiger partial charge in [-0.15, -0.1) is 0 Å². The van der Waals surface area contributed by atoms with Gasteiger partial charge in [0.25, 0.3) is 0 Å². The number of ether oxygens (including phenoxy) is 1. The Labute approximate surface area is 120 Å². The van der Waals surface area contributed by atoms with Crippen LogP contribution in [0.15, 0.2) is 21.1 Å². The highest BCUT2D eigenvalue weighted by Crippen LogP contribution is 2.35. The van der Waals surface area contributed by atoms with Gasteiger partial charge in [-0.3, -0.25) is 0 Å². The molecule has 2 nitrogen and oxygen atoms in total. The summed E-state index contributed by atoms with van der Waals surface area (Å²) in [5.41, 5.74) is 0.999. The van der Waals surface area contributed by atoms with Crippen LogP contribution < -0.4 is 10.1 Å². The van der Waals surface area contributed by atoms with Crippen molar-refractivity contribution in [3.63, 3.8) is 0 Å². The van der Waals surface area contributed by atoms with Crippen LogP contribution in [-0.4, -0.2) is 19.8 Å². The van der Waals surface area contributed by atoms with Gasteiger partial charge in [0.1, 0.15) is 5.75 Å². The molecule has 0 fully saturated rings. The number of alkyl halides is 3. The van der Waals surface area contributed by atoms with Crippen molar-refractivity contribution < 1.29 is 17.9 Å². The quantitative estimate of drug-likeness (QED) is 0.810. The molecule has 0 aliphatic carbocycles. The molecule has 0 atom stereocenters. The van der Waals surface area contributed by atoms with Crippen LogP contribution in [0.25, 0.3) is 0 Å². The van der Waals surface area contributed by atoms with Gasteiger partial charge in [0, 0.05) is 6.54 Å². The van der Waals surface area contributed by atoms with E-state index in [-0.39, 0.29) is 0 Å². The molecule has 0 radical (unpaired) electrons. The minimum absolute atomic E-state index is 0.388. The van der Waals surface area contributed by atoms with Crippen molar-refractivity contribution in [3.05, 3.63) is 26.6 Å². The second-order valence-electron chi connectivity index (χ2n) is 3.63. The molecule has 1 aromatic rings. The first-order valence-corrected chi connectivity index (χ1v) is 6.74. The van der Waals surface area contributed by atoms with Gasteiger partial charge in [-0.05, 0) is 56.6 Å². The van der Waals surface area contributed by atoms with E-state index < -0.39 is 19.2 Å². The van der Waals surface area contributed by atoms with Crippen molar-refractivity contribution in [1.29, 1.82) is 0 Å². The molecule has 0 unspecified atom stereocenters. The van der Waals surface area contributed by atoms with E-state index in [1.54, 1.807) is 0 Å².